The predicted molar refractivity (Wildman–Crippen MR) is 56.4 cm³/mol. The molecule has 0 unspecified atom stereocenters. The molecule has 0 saturated carbocycles. The number of hydrogen-bond donors (Lipinski definition) is 2. The van der Waals surface area contributed by atoms with Gasteiger partial charge in [-0.2, -0.15) is 13.2 Å². The highest BCUT2D eigenvalue weighted by Crippen LogP contribution is 2.31. The molecule has 0 bridgehead atoms. The van der Waals surface area contributed by atoms with E-state index in [9.17, 15) is 13.2 Å². The molecule has 0 aliphatic heterocycles. The van der Waals surface area contributed by atoms with E-state index in [-0.39, 0.29) is 0 Å². The summed E-state index contributed by atoms with van der Waals surface area (Å²) in [6.45, 7) is 0. The third-order valence-electron chi connectivity index (χ3n) is 2.19. The van der Waals surface area contributed by atoms with Crippen LogP contribution in [0.2, 0.25) is 0 Å². The monoisotopic (exact) mass is 242 g/mol. The van der Waals surface area contributed by atoms with E-state index in [0.29, 0.717) is 17.3 Å². The standard InChI is InChI=1S/C10H9F3N4/c1-14-9-15-8(16-17-9)6-3-2-4-7(5-6)10(11,12)13/h2-5H,1H3,(H2,14,15,16,17). The second kappa shape index (κ2) is 4.08. The molecule has 0 fully saturated rings. The molecule has 1 aromatic carbocycles. The number of hydrogen-bond acceptors (Lipinski definition) is 3. The average Bonchev–Trinajstić information content (AvgIpc) is 2.76. The van der Waals surface area contributed by atoms with E-state index in [1.54, 1.807) is 7.05 Å². The van der Waals surface area contributed by atoms with Crippen molar-refractivity contribution in [2.24, 2.45) is 0 Å². The van der Waals surface area contributed by atoms with E-state index in [0.717, 1.165) is 12.1 Å². The van der Waals surface area contributed by atoms with Crippen molar-refractivity contribution in [3.05, 3.63) is 29.8 Å². The van der Waals surface area contributed by atoms with Crippen LogP contribution in [0.25, 0.3) is 11.4 Å². The maximum absolute atomic E-state index is 12.5. The van der Waals surface area contributed by atoms with Gasteiger partial charge in [-0.25, -0.2) is 0 Å². The fourth-order valence-corrected chi connectivity index (χ4v) is 1.35. The number of halogens is 3. The lowest BCUT2D eigenvalue weighted by Crippen LogP contribution is -2.04. The molecule has 17 heavy (non-hydrogen) atoms. The first kappa shape index (κ1) is 11.4. The lowest BCUT2D eigenvalue weighted by molar-refractivity contribution is -0.137. The summed E-state index contributed by atoms with van der Waals surface area (Å²) in [4.78, 5) is 2.76. The van der Waals surface area contributed by atoms with Gasteiger partial charge in [-0.05, 0) is 12.1 Å². The molecular weight excluding hydrogens is 233 g/mol. The summed E-state index contributed by atoms with van der Waals surface area (Å²) in [5.74, 6) is 0.692. The zero-order valence-electron chi connectivity index (χ0n) is 8.84. The third-order valence-corrected chi connectivity index (χ3v) is 2.19. The van der Waals surface area contributed by atoms with Crippen molar-refractivity contribution >= 4 is 5.95 Å². The van der Waals surface area contributed by atoms with E-state index in [4.69, 9.17) is 0 Å². The molecule has 2 rings (SSSR count). The van der Waals surface area contributed by atoms with E-state index in [2.05, 4.69) is 20.5 Å². The highest BCUT2D eigenvalue weighted by molar-refractivity contribution is 5.57. The largest absolute Gasteiger partial charge is 0.416 e. The van der Waals surface area contributed by atoms with Crippen LogP contribution in [0, 0.1) is 0 Å². The predicted octanol–water partition coefficient (Wildman–Crippen LogP) is 2.53. The van der Waals surface area contributed by atoms with Crippen LogP contribution in [0.4, 0.5) is 19.1 Å². The summed E-state index contributed by atoms with van der Waals surface area (Å²) in [5.41, 5.74) is -0.369. The molecule has 7 heteroatoms. The molecule has 0 spiro atoms. The van der Waals surface area contributed by atoms with Crippen LogP contribution in [-0.2, 0) is 6.18 Å². The lowest BCUT2D eigenvalue weighted by atomic mass is 10.1. The maximum atomic E-state index is 12.5. The van der Waals surface area contributed by atoms with Gasteiger partial charge in [0.2, 0.25) is 5.95 Å². The van der Waals surface area contributed by atoms with Gasteiger partial charge in [-0.15, -0.1) is 10.2 Å². The average molecular weight is 242 g/mol. The van der Waals surface area contributed by atoms with E-state index < -0.39 is 11.7 Å². The minimum absolute atomic E-state index is 0.292. The van der Waals surface area contributed by atoms with Gasteiger partial charge >= 0.3 is 6.18 Å². The molecule has 2 N–H and O–H groups in total. The molecule has 1 heterocycles. The molecule has 4 nitrogen and oxygen atoms in total. The van der Waals surface area contributed by atoms with Gasteiger partial charge in [0.1, 0.15) is 0 Å². The normalized spacial score (nSPS) is 11.5. The van der Waals surface area contributed by atoms with E-state index in [1.165, 1.54) is 12.1 Å². The SMILES string of the molecule is CNc1nnc(-c2cccc(C(F)(F)F)c2)[nH]1. The third kappa shape index (κ3) is 2.38. The van der Waals surface area contributed by atoms with Crippen molar-refractivity contribution in [2.75, 3.05) is 12.4 Å². The summed E-state index contributed by atoms with van der Waals surface area (Å²) in [5, 5.41) is 10.2. The Bertz CT molecular complexity index is 518. The Balaban J connectivity index is 2.39. The Morgan fingerprint density at radius 1 is 1.24 bits per heavy atom. The van der Waals surface area contributed by atoms with Crippen LogP contribution < -0.4 is 5.32 Å². The topological polar surface area (TPSA) is 53.6 Å². The van der Waals surface area contributed by atoms with Crippen LogP contribution >= 0.6 is 0 Å². The molecule has 0 aliphatic carbocycles. The number of nitrogens with zero attached hydrogens (tertiary/aromatic N) is 2. The number of aromatic amines is 1. The van der Waals surface area contributed by atoms with Gasteiger partial charge in [0.05, 0.1) is 5.56 Å². The fraction of sp³-hybridized carbons (Fsp3) is 0.200. The molecule has 0 radical (unpaired) electrons. The van der Waals surface area contributed by atoms with Gasteiger partial charge in [0, 0.05) is 12.6 Å². The fourth-order valence-electron chi connectivity index (χ4n) is 1.35. The summed E-state index contributed by atoms with van der Waals surface area (Å²) in [6.07, 6.45) is -4.36. The molecular formula is C10H9F3N4. The maximum Gasteiger partial charge on any atom is 0.416 e. The van der Waals surface area contributed by atoms with Crippen molar-refractivity contribution in [3.63, 3.8) is 0 Å². The number of aromatic nitrogens is 3. The Kier molecular flexibility index (Phi) is 2.74. The number of rotatable bonds is 2. The Morgan fingerprint density at radius 2 is 2.00 bits per heavy atom. The number of H-pyrrole nitrogens is 1. The Morgan fingerprint density at radius 3 is 2.59 bits per heavy atom. The van der Waals surface area contributed by atoms with E-state index in [1.807, 2.05) is 0 Å². The van der Waals surface area contributed by atoms with Crippen LogP contribution in [0.1, 0.15) is 5.56 Å². The summed E-state index contributed by atoms with van der Waals surface area (Å²) >= 11 is 0. The van der Waals surface area contributed by atoms with Gasteiger partial charge < -0.3 is 10.3 Å². The van der Waals surface area contributed by atoms with Crippen molar-refractivity contribution in [3.8, 4) is 11.4 Å². The first-order valence-corrected chi connectivity index (χ1v) is 4.79. The second-order valence-electron chi connectivity index (χ2n) is 3.35. The molecule has 0 amide bonds. The highest BCUT2D eigenvalue weighted by atomic mass is 19.4. The molecule has 1 aromatic heterocycles. The molecule has 0 aliphatic rings. The minimum atomic E-state index is -4.36. The first-order valence-electron chi connectivity index (χ1n) is 4.79. The van der Waals surface area contributed by atoms with Crippen molar-refractivity contribution in [1.82, 2.24) is 15.2 Å². The number of anilines is 1. The number of alkyl halides is 3. The summed E-state index contributed by atoms with van der Waals surface area (Å²) < 4.78 is 37.5. The van der Waals surface area contributed by atoms with Crippen LogP contribution in [-0.4, -0.2) is 22.2 Å². The smallest absolute Gasteiger partial charge is 0.358 e. The Labute approximate surface area is 94.9 Å². The second-order valence-corrected chi connectivity index (χ2v) is 3.35. The highest BCUT2D eigenvalue weighted by Gasteiger charge is 2.30. The molecule has 0 saturated heterocycles. The summed E-state index contributed by atoms with van der Waals surface area (Å²) in [6, 6.07) is 4.91. The first-order chi connectivity index (χ1) is 8.00. The van der Waals surface area contributed by atoms with Crippen LogP contribution in [0.15, 0.2) is 24.3 Å². The van der Waals surface area contributed by atoms with Crippen molar-refractivity contribution in [2.45, 2.75) is 6.18 Å². The van der Waals surface area contributed by atoms with Gasteiger partial charge in [-0.3, -0.25) is 0 Å². The van der Waals surface area contributed by atoms with Crippen molar-refractivity contribution < 1.29 is 13.2 Å². The quantitative estimate of drug-likeness (QED) is 0.850. The zero-order chi connectivity index (χ0) is 12.5. The summed E-state index contributed by atoms with van der Waals surface area (Å²) in [7, 11) is 1.64. The number of benzene rings is 1. The van der Waals surface area contributed by atoms with Gasteiger partial charge in [0.25, 0.3) is 0 Å². The van der Waals surface area contributed by atoms with Gasteiger partial charge in [0.15, 0.2) is 5.82 Å². The van der Waals surface area contributed by atoms with Crippen LogP contribution in [0.3, 0.4) is 0 Å². The zero-order valence-corrected chi connectivity index (χ0v) is 8.84. The minimum Gasteiger partial charge on any atom is -0.358 e. The van der Waals surface area contributed by atoms with Crippen molar-refractivity contribution in [1.29, 1.82) is 0 Å². The molecule has 0 atom stereocenters. The lowest BCUT2D eigenvalue weighted by Gasteiger charge is -2.06. The van der Waals surface area contributed by atoms with E-state index >= 15 is 0 Å². The van der Waals surface area contributed by atoms with Gasteiger partial charge in [-0.1, -0.05) is 12.1 Å². The molecule has 90 valence electrons. The van der Waals surface area contributed by atoms with Crippen LogP contribution in [0.5, 0.6) is 0 Å². The Hall–Kier alpha value is -2.05. The number of nitrogens with one attached hydrogen (secondary N) is 2. The molecule has 2 aromatic rings.